The largest absolute Gasteiger partial charge is 0.493 e. The molecule has 1 aliphatic heterocycles. The highest BCUT2D eigenvalue weighted by Crippen LogP contribution is 2.33. The van der Waals surface area contributed by atoms with Crippen LogP contribution in [0.2, 0.25) is 0 Å². The number of hydrogen-bond acceptors (Lipinski definition) is 7. The number of nitrogens with zero attached hydrogens (tertiary/aromatic N) is 3. The first-order valence-electron chi connectivity index (χ1n) is 11.9. The normalized spacial score (nSPS) is 17.4. The van der Waals surface area contributed by atoms with Crippen LogP contribution < -0.4 is 14.3 Å². The second-order valence-electron chi connectivity index (χ2n) is 8.37. The highest BCUT2D eigenvalue weighted by Gasteiger charge is 2.33. The van der Waals surface area contributed by atoms with Crippen molar-refractivity contribution >= 4 is 37.5 Å². The fourth-order valence-electron chi connectivity index (χ4n) is 4.29. The standard InChI is InChI=1S/C25H31N3O6S2/c1-4-34-14-13-28-20-15-21(32-2)22(33-3)16-23(20)35-25(28)26-24(29)18-9-8-12-27(17-18)36(30,31)19-10-6-5-7-11-19/h5-7,10-11,15-16,18H,4,8-9,12-14,17H2,1-3H3. The van der Waals surface area contributed by atoms with Crippen LogP contribution in [0.25, 0.3) is 10.2 Å². The Kier molecular flexibility index (Phi) is 8.45. The van der Waals surface area contributed by atoms with E-state index < -0.39 is 15.9 Å². The van der Waals surface area contributed by atoms with E-state index in [9.17, 15) is 13.2 Å². The van der Waals surface area contributed by atoms with E-state index in [1.54, 1.807) is 44.6 Å². The lowest BCUT2D eigenvalue weighted by Gasteiger charge is -2.30. The molecule has 1 atom stereocenters. The van der Waals surface area contributed by atoms with Crippen LogP contribution in [0.5, 0.6) is 11.5 Å². The summed E-state index contributed by atoms with van der Waals surface area (Å²) in [5.74, 6) is 0.348. The molecule has 0 saturated carbocycles. The van der Waals surface area contributed by atoms with Crippen molar-refractivity contribution in [1.29, 1.82) is 0 Å². The number of sulfonamides is 1. The van der Waals surface area contributed by atoms with Crippen LogP contribution in [0.4, 0.5) is 0 Å². The molecule has 1 fully saturated rings. The van der Waals surface area contributed by atoms with Crippen LogP contribution in [0.1, 0.15) is 19.8 Å². The van der Waals surface area contributed by atoms with Gasteiger partial charge in [-0.25, -0.2) is 8.42 Å². The predicted molar refractivity (Wildman–Crippen MR) is 138 cm³/mol. The van der Waals surface area contributed by atoms with Gasteiger partial charge in [0.2, 0.25) is 10.0 Å². The van der Waals surface area contributed by atoms with Crippen LogP contribution in [-0.2, 0) is 26.1 Å². The number of ether oxygens (including phenoxy) is 3. The molecule has 1 unspecified atom stereocenters. The fraction of sp³-hybridized carbons (Fsp3) is 0.440. The number of carbonyl (C=O) groups excluding carboxylic acids is 1. The summed E-state index contributed by atoms with van der Waals surface area (Å²) in [6, 6.07) is 12.1. The topological polar surface area (TPSA) is 99.4 Å². The third kappa shape index (κ3) is 5.49. The summed E-state index contributed by atoms with van der Waals surface area (Å²) in [6.07, 6.45) is 1.19. The van der Waals surface area contributed by atoms with Gasteiger partial charge in [0.15, 0.2) is 16.3 Å². The van der Waals surface area contributed by atoms with Gasteiger partial charge >= 0.3 is 0 Å². The smallest absolute Gasteiger partial charge is 0.252 e. The average molecular weight is 534 g/mol. The molecule has 1 amide bonds. The molecule has 4 rings (SSSR count). The SMILES string of the molecule is CCOCCn1c(=NC(=O)C2CCCN(S(=O)(=O)c3ccccc3)C2)sc2cc(OC)c(OC)cc21. The first kappa shape index (κ1) is 26.3. The molecule has 3 aromatic rings. The first-order chi connectivity index (χ1) is 17.4. The molecule has 0 bridgehead atoms. The van der Waals surface area contributed by atoms with Crippen LogP contribution in [0.3, 0.4) is 0 Å². The molecule has 9 nitrogen and oxygen atoms in total. The number of methoxy groups -OCH3 is 2. The Balaban J connectivity index is 1.66. The lowest BCUT2D eigenvalue weighted by atomic mass is 9.99. The zero-order valence-corrected chi connectivity index (χ0v) is 22.3. The van der Waals surface area contributed by atoms with Crippen LogP contribution in [-0.4, -0.2) is 63.7 Å². The van der Waals surface area contributed by atoms with Gasteiger partial charge in [-0.3, -0.25) is 4.79 Å². The predicted octanol–water partition coefficient (Wildman–Crippen LogP) is 3.28. The quantitative estimate of drug-likeness (QED) is 0.392. The van der Waals surface area contributed by atoms with E-state index in [-0.39, 0.29) is 17.3 Å². The van der Waals surface area contributed by atoms with Crippen molar-refractivity contribution in [1.82, 2.24) is 8.87 Å². The third-order valence-electron chi connectivity index (χ3n) is 6.17. The number of piperidine rings is 1. The maximum absolute atomic E-state index is 13.3. The van der Waals surface area contributed by atoms with E-state index >= 15 is 0 Å². The summed E-state index contributed by atoms with van der Waals surface area (Å²) in [5, 5.41) is 0. The van der Waals surface area contributed by atoms with Gasteiger partial charge in [0.05, 0.1) is 41.9 Å². The molecule has 0 N–H and O–H groups in total. The number of benzene rings is 2. The average Bonchev–Trinajstić information content (AvgIpc) is 3.24. The van der Waals surface area contributed by atoms with Gasteiger partial charge in [0.1, 0.15) is 0 Å². The Hall–Kier alpha value is -2.73. The molecule has 2 aromatic carbocycles. The van der Waals surface area contributed by atoms with Gasteiger partial charge in [0, 0.05) is 38.4 Å². The number of fused-ring (bicyclic) bond motifs is 1. The fourth-order valence-corrected chi connectivity index (χ4v) is 6.90. The van der Waals surface area contributed by atoms with E-state index in [4.69, 9.17) is 14.2 Å². The number of amides is 1. The molecule has 1 aromatic heterocycles. The summed E-state index contributed by atoms with van der Waals surface area (Å²) < 4.78 is 46.9. The first-order valence-corrected chi connectivity index (χ1v) is 14.1. The molecular weight excluding hydrogens is 502 g/mol. The second kappa shape index (κ2) is 11.5. The minimum Gasteiger partial charge on any atom is -0.493 e. The Bertz CT molecular complexity index is 1380. The van der Waals surface area contributed by atoms with Gasteiger partial charge in [-0.1, -0.05) is 29.5 Å². The van der Waals surface area contributed by atoms with E-state index in [1.807, 2.05) is 23.6 Å². The molecule has 1 aliphatic rings. The molecule has 0 spiro atoms. The Morgan fingerprint density at radius 3 is 2.56 bits per heavy atom. The van der Waals surface area contributed by atoms with Gasteiger partial charge in [-0.2, -0.15) is 9.30 Å². The Morgan fingerprint density at radius 2 is 1.86 bits per heavy atom. The van der Waals surface area contributed by atoms with Gasteiger partial charge < -0.3 is 18.8 Å². The number of hydrogen-bond donors (Lipinski definition) is 0. The van der Waals surface area contributed by atoms with Crippen molar-refractivity contribution < 1.29 is 27.4 Å². The Morgan fingerprint density at radius 1 is 1.14 bits per heavy atom. The van der Waals surface area contributed by atoms with E-state index in [1.165, 1.54) is 15.6 Å². The van der Waals surface area contributed by atoms with Gasteiger partial charge in [0.25, 0.3) is 5.91 Å². The minimum atomic E-state index is -3.67. The summed E-state index contributed by atoms with van der Waals surface area (Å²) in [5.41, 5.74) is 0.862. The van der Waals surface area contributed by atoms with Gasteiger partial charge in [-0.05, 0) is 31.9 Å². The maximum Gasteiger partial charge on any atom is 0.252 e. The van der Waals surface area contributed by atoms with E-state index in [2.05, 4.69) is 4.99 Å². The number of rotatable bonds is 9. The maximum atomic E-state index is 13.3. The lowest BCUT2D eigenvalue weighted by molar-refractivity contribution is -0.122. The van der Waals surface area contributed by atoms with Crippen molar-refractivity contribution in [2.45, 2.75) is 31.2 Å². The highest BCUT2D eigenvalue weighted by molar-refractivity contribution is 7.89. The zero-order chi connectivity index (χ0) is 25.7. The minimum absolute atomic E-state index is 0.116. The summed E-state index contributed by atoms with van der Waals surface area (Å²) in [4.78, 5) is 18.6. The monoisotopic (exact) mass is 533 g/mol. The molecule has 0 aliphatic carbocycles. The number of aromatic nitrogens is 1. The van der Waals surface area contributed by atoms with Crippen LogP contribution in [0.15, 0.2) is 52.4 Å². The van der Waals surface area contributed by atoms with E-state index in [0.717, 1.165) is 10.2 Å². The summed E-state index contributed by atoms with van der Waals surface area (Å²) in [6.45, 7) is 3.98. The van der Waals surface area contributed by atoms with Gasteiger partial charge in [-0.15, -0.1) is 0 Å². The molecule has 1 saturated heterocycles. The van der Waals surface area contributed by atoms with Crippen molar-refractivity contribution in [3.8, 4) is 11.5 Å². The second-order valence-corrected chi connectivity index (χ2v) is 11.3. The molecule has 36 heavy (non-hydrogen) atoms. The lowest BCUT2D eigenvalue weighted by Crippen LogP contribution is -2.42. The molecule has 0 radical (unpaired) electrons. The molecule has 11 heteroatoms. The molecule has 194 valence electrons. The zero-order valence-electron chi connectivity index (χ0n) is 20.7. The summed E-state index contributed by atoms with van der Waals surface area (Å²) >= 11 is 1.38. The Labute approximate surface area is 215 Å². The molecular formula is C25H31N3O6S2. The highest BCUT2D eigenvalue weighted by atomic mass is 32.2. The van der Waals surface area contributed by atoms with Crippen LogP contribution >= 0.6 is 11.3 Å². The van der Waals surface area contributed by atoms with Crippen molar-refractivity contribution in [3.63, 3.8) is 0 Å². The number of thiazole rings is 1. The molecule has 2 heterocycles. The van der Waals surface area contributed by atoms with Crippen molar-refractivity contribution in [2.24, 2.45) is 10.9 Å². The van der Waals surface area contributed by atoms with Crippen molar-refractivity contribution in [2.75, 3.05) is 40.5 Å². The third-order valence-corrected chi connectivity index (χ3v) is 9.09. The summed E-state index contributed by atoms with van der Waals surface area (Å²) in [7, 11) is -0.514. The number of carbonyl (C=O) groups is 1. The van der Waals surface area contributed by atoms with E-state index in [0.29, 0.717) is 55.4 Å². The van der Waals surface area contributed by atoms with Crippen molar-refractivity contribution in [3.05, 3.63) is 47.3 Å². The van der Waals surface area contributed by atoms with Crippen LogP contribution in [0, 0.1) is 5.92 Å².